The molecule has 0 heterocycles. The topological polar surface area (TPSA) is 21.3 Å². The Bertz CT molecular complexity index is 261. The molecule has 0 spiro atoms. The number of benzene rings is 1. The Labute approximate surface area is 99.0 Å². The van der Waals surface area contributed by atoms with Crippen LogP contribution in [0.25, 0.3) is 0 Å². The summed E-state index contributed by atoms with van der Waals surface area (Å²) in [7, 11) is 0. The van der Waals surface area contributed by atoms with Crippen LogP contribution in [0.5, 0.6) is 0 Å². The molecule has 1 N–H and O–H groups in total. The number of hydrogen-bond acceptors (Lipinski definition) is 2. The third-order valence-corrected chi connectivity index (χ3v) is 2.66. The summed E-state index contributed by atoms with van der Waals surface area (Å²) in [6, 6.07) is 10.5. The zero-order valence-corrected chi connectivity index (χ0v) is 10.4. The standard InChI is InChI=1S/C14H23NO/c1-3-14(12-15-4-2)16-11-10-13-8-6-5-7-9-13/h5-9,14-15H,3-4,10-12H2,1-2H3. The lowest BCUT2D eigenvalue weighted by Crippen LogP contribution is -2.29. The normalized spacial score (nSPS) is 12.6. The lowest BCUT2D eigenvalue weighted by atomic mass is 10.2. The molecule has 1 rings (SSSR count). The van der Waals surface area contributed by atoms with Gasteiger partial charge in [0, 0.05) is 6.54 Å². The molecule has 1 atom stereocenters. The third kappa shape index (κ3) is 5.29. The van der Waals surface area contributed by atoms with Crippen molar-refractivity contribution >= 4 is 0 Å². The molecule has 0 aromatic heterocycles. The van der Waals surface area contributed by atoms with E-state index >= 15 is 0 Å². The first-order valence-electron chi connectivity index (χ1n) is 6.23. The maximum atomic E-state index is 5.83. The van der Waals surface area contributed by atoms with E-state index in [2.05, 4.69) is 43.4 Å². The molecule has 16 heavy (non-hydrogen) atoms. The van der Waals surface area contributed by atoms with E-state index in [1.54, 1.807) is 0 Å². The fourth-order valence-electron chi connectivity index (χ4n) is 1.61. The fourth-order valence-corrected chi connectivity index (χ4v) is 1.61. The number of hydrogen-bond donors (Lipinski definition) is 1. The molecule has 0 fully saturated rings. The van der Waals surface area contributed by atoms with Crippen LogP contribution >= 0.6 is 0 Å². The Balaban J connectivity index is 2.18. The van der Waals surface area contributed by atoms with Gasteiger partial charge in [0.05, 0.1) is 12.7 Å². The summed E-state index contributed by atoms with van der Waals surface area (Å²) >= 11 is 0. The zero-order valence-electron chi connectivity index (χ0n) is 10.4. The second kappa shape index (κ2) is 8.31. The first kappa shape index (κ1) is 13.2. The highest BCUT2D eigenvalue weighted by Crippen LogP contribution is 2.02. The minimum absolute atomic E-state index is 0.351. The largest absolute Gasteiger partial charge is 0.377 e. The first-order chi connectivity index (χ1) is 7.86. The second-order valence-electron chi connectivity index (χ2n) is 3.94. The van der Waals surface area contributed by atoms with Gasteiger partial charge in [-0.05, 0) is 24.9 Å². The zero-order chi connectivity index (χ0) is 11.6. The average molecular weight is 221 g/mol. The van der Waals surface area contributed by atoms with E-state index in [-0.39, 0.29) is 0 Å². The Kier molecular flexibility index (Phi) is 6.86. The molecule has 2 nitrogen and oxygen atoms in total. The van der Waals surface area contributed by atoms with Crippen LogP contribution in [0.2, 0.25) is 0 Å². The lowest BCUT2D eigenvalue weighted by Gasteiger charge is -2.16. The van der Waals surface area contributed by atoms with Crippen LogP contribution in [0.1, 0.15) is 25.8 Å². The molecule has 0 bridgehead atoms. The van der Waals surface area contributed by atoms with Crippen LogP contribution in [0, 0.1) is 0 Å². The summed E-state index contributed by atoms with van der Waals surface area (Å²) in [5.41, 5.74) is 1.35. The molecule has 0 saturated carbocycles. The Morgan fingerprint density at radius 3 is 2.56 bits per heavy atom. The van der Waals surface area contributed by atoms with Gasteiger partial charge in [0.1, 0.15) is 0 Å². The first-order valence-corrected chi connectivity index (χ1v) is 6.23. The van der Waals surface area contributed by atoms with Gasteiger partial charge in [-0.1, -0.05) is 44.2 Å². The summed E-state index contributed by atoms with van der Waals surface area (Å²) in [5.74, 6) is 0. The summed E-state index contributed by atoms with van der Waals surface area (Å²) in [4.78, 5) is 0. The van der Waals surface area contributed by atoms with Crippen molar-refractivity contribution in [2.24, 2.45) is 0 Å². The molecule has 1 aromatic rings. The molecule has 1 aromatic carbocycles. The predicted molar refractivity (Wildman–Crippen MR) is 68.7 cm³/mol. The highest BCUT2D eigenvalue weighted by molar-refractivity contribution is 5.14. The molecule has 0 saturated heterocycles. The molecule has 0 amide bonds. The smallest absolute Gasteiger partial charge is 0.0696 e. The molecule has 90 valence electrons. The van der Waals surface area contributed by atoms with Gasteiger partial charge in [-0.25, -0.2) is 0 Å². The molecule has 0 aliphatic carbocycles. The second-order valence-corrected chi connectivity index (χ2v) is 3.94. The van der Waals surface area contributed by atoms with E-state index in [0.29, 0.717) is 6.10 Å². The van der Waals surface area contributed by atoms with Crippen LogP contribution in [-0.2, 0) is 11.2 Å². The maximum Gasteiger partial charge on any atom is 0.0696 e. The monoisotopic (exact) mass is 221 g/mol. The van der Waals surface area contributed by atoms with Crippen LogP contribution in [0.15, 0.2) is 30.3 Å². The predicted octanol–water partition coefficient (Wildman–Crippen LogP) is 2.63. The summed E-state index contributed by atoms with van der Waals surface area (Å²) < 4.78 is 5.83. The number of likely N-dealkylation sites (N-methyl/N-ethyl adjacent to an activating group) is 1. The fraction of sp³-hybridized carbons (Fsp3) is 0.571. The quantitative estimate of drug-likeness (QED) is 0.728. The molecule has 0 radical (unpaired) electrons. The van der Waals surface area contributed by atoms with E-state index in [1.807, 2.05) is 6.07 Å². The summed E-state index contributed by atoms with van der Waals surface area (Å²) in [5, 5.41) is 3.32. The van der Waals surface area contributed by atoms with Crippen molar-refractivity contribution in [3.8, 4) is 0 Å². The average Bonchev–Trinajstić information content (AvgIpc) is 2.35. The molecule has 1 unspecified atom stereocenters. The maximum absolute atomic E-state index is 5.83. The van der Waals surface area contributed by atoms with Gasteiger partial charge in [-0.3, -0.25) is 0 Å². The van der Waals surface area contributed by atoms with Gasteiger partial charge in [0.25, 0.3) is 0 Å². The van der Waals surface area contributed by atoms with E-state index in [0.717, 1.165) is 32.5 Å². The van der Waals surface area contributed by atoms with Crippen LogP contribution in [0.3, 0.4) is 0 Å². The summed E-state index contributed by atoms with van der Waals surface area (Å²) in [6.07, 6.45) is 2.43. The molecule has 0 aliphatic rings. The van der Waals surface area contributed by atoms with Crippen molar-refractivity contribution in [2.45, 2.75) is 32.8 Å². The highest BCUT2D eigenvalue weighted by Gasteiger charge is 2.04. The van der Waals surface area contributed by atoms with Crippen molar-refractivity contribution in [2.75, 3.05) is 19.7 Å². The highest BCUT2D eigenvalue weighted by atomic mass is 16.5. The Morgan fingerprint density at radius 1 is 1.19 bits per heavy atom. The van der Waals surface area contributed by atoms with Gasteiger partial charge >= 0.3 is 0 Å². The summed E-state index contributed by atoms with van der Waals surface area (Å²) in [6.45, 7) is 7.08. The van der Waals surface area contributed by atoms with Crippen molar-refractivity contribution in [3.05, 3.63) is 35.9 Å². The van der Waals surface area contributed by atoms with Crippen LogP contribution < -0.4 is 5.32 Å². The van der Waals surface area contributed by atoms with Gasteiger partial charge in [-0.15, -0.1) is 0 Å². The molecular weight excluding hydrogens is 198 g/mol. The number of ether oxygens (including phenoxy) is 1. The van der Waals surface area contributed by atoms with Gasteiger partial charge < -0.3 is 10.1 Å². The van der Waals surface area contributed by atoms with E-state index < -0.39 is 0 Å². The van der Waals surface area contributed by atoms with Crippen LogP contribution in [0.4, 0.5) is 0 Å². The van der Waals surface area contributed by atoms with Crippen molar-refractivity contribution in [1.82, 2.24) is 5.32 Å². The van der Waals surface area contributed by atoms with Gasteiger partial charge in [-0.2, -0.15) is 0 Å². The minimum atomic E-state index is 0.351. The van der Waals surface area contributed by atoms with Gasteiger partial charge in [0.2, 0.25) is 0 Å². The Hall–Kier alpha value is -0.860. The van der Waals surface area contributed by atoms with E-state index in [1.165, 1.54) is 5.56 Å². The van der Waals surface area contributed by atoms with Crippen LogP contribution in [-0.4, -0.2) is 25.8 Å². The SMILES string of the molecule is CCNCC(CC)OCCc1ccccc1. The van der Waals surface area contributed by atoms with Crippen molar-refractivity contribution in [1.29, 1.82) is 0 Å². The van der Waals surface area contributed by atoms with E-state index in [9.17, 15) is 0 Å². The lowest BCUT2D eigenvalue weighted by molar-refractivity contribution is 0.0532. The van der Waals surface area contributed by atoms with E-state index in [4.69, 9.17) is 4.74 Å². The Morgan fingerprint density at radius 2 is 1.94 bits per heavy atom. The number of rotatable bonds is 8. The van der Waals surface area contributed by atoms with Crippen molar-refractivity contribution < 1.29 is 4.74 Å². The molecule has 0 aliphatic heterocycles. The third-order valence-electron chi connectivity index (χ3n) is 2.66. The van der Waals surface area contributed by atoms with Gasteiger partial charge in [0.15, 0.2) is 0 Å². The minimum Gasteiger partial charge on any atom is -0.377 e. The number of nitrogens with one attached hydrogen (secondary N) is 1. The molecular formula is C14H23NO. The van der Waals surface area contributed by atoms with Crippen molar-refractivity contribution in [3.63, 3.8) is 0 Å². The molecule has 2 heteroatoms.